The second-order valence-corrected chi connectivity index (χ2v) is 5.25. The molecule has 112 valence electrons. The Kier molecular flexibility index (Phi) is 4.66. The first-order valence-electron chi connectivity index (χ1n) is 7.53. The van der Waals surface area contributed by atoms with Crippen molar-refractivity contribution in [2.75, 3.05) is 31.2 Å². The van der Waals surface area contributed by atoms with Crippen molar-refractivity contribution in [2.24, 2.45) is 0 Å². The van der Waals surface area contributed by atoms with Gasteiger partial charge in [-0.2, -0.15) is 0 Å². The first kappa shape index (κ1) is 14.5. The highest BCUT2D eigenvalue weighted by molar-refractivity contribution is 6.06. The Morgan fingerprint density at radius 2 is 1.64 bits per heavy atom. The van der Waals surface area contributed by atoms with Gasteiger partial charge in [0.1, 0.15) is 0 Å². The Morgan fingerprint density at radius 1 is 0.955 bits per heavy atom. The molecule has 0 spiro atoms. The molecule has 0 N–H and O–H groups in total. The maximum Gasteiger partial charge on any atom is 0.185 e. The number of hydrogen-bond donors (Lipinski definition) is 0. The van der Waals surface area contributed by atoms with Crippen molar-refractivity contribution in [3.8, 4) is 0 Å². The molecule has 0 aromatic heterocycles. The zero-order valence-corrected chi connectivity index (χ0v) is 12.4. The number of ether oxygens (including phenoxy) is 1. The highest BCUT2D eigenvalue weighted by Gasteiger charge is 2.10. The summed E-state index contributed by atoms with van der Waals surface area (Å²) in [7, 11) is 0. The average molecular weight is 293 g/mol. The second-order valence-electron chi connectivity index (χ2n) is 5.25. The van der Waals surface area contributed by atoms with Gasteiger partial charge >= 0.3 is 0 Å². The van der Waals surface area contributed by atoms with Gasteiger partial charge in [-0.25, -0.2) is 0 Å². The second kappa shape index (κ2) is 7.05. The van der Waals surface area contributed by atoms with Crippen molar-refractivity contribution < 1.29 is 9.53 Å². The standard InChI is InChI=1S/C19H19NO2/c21-19(17-4-2-1-3-5-17)11-8-16-6-9-18(10-7-16)20-12-14-22-15-13-20/h1-11H,12-15H2. The number of nitrogens with zero attached hydrogens (tertiary/aromatic N) is 1. The fourth-order valence-electron chi connectivity index (χ4n) is 2.49. The number of allylic oxidation sites excluding steroid dienone is 1. The van der Waals surface area contributed by atoms with Crippen LogP contribution in [0, 0.1) is 0 Å². The van der Waals surface area contributed by atoms with E-state index in [0.717, 1.165) is 31.9 Å². The number of carbonyl (C=O) groups excluding carboxylic acids is 1. The van der Waals surface area contributed by atoms with Crippen molar-refractivity contribution in [3.05, 3.63) is 71.8 Å². The number of ketones is 1. The minimum Gasteiger partial charge on any atom is -0.378 e. The maximum absolute atomic E-state index is 12.0. The average Bonchev–Trinajstić information content (AvgIpc) is 2.61. The topological polar surface area (TPSA) is 29.5 Å². The highest BCUT2D eigenvalue weighted by Crippen LogP contribution is 2.17. The molecule has 0 saturated carbocycles. The van der Waals surface area contributed by atoms with E-state index in [2.05, 4.69) is 17.0 Å². The molecule has 2 aromatic rings. The molecular formula is C19H19NO2. The summed E-state index contributed by atoms with van der Waals surface area (Å²) in [5.41, 5.74) is 2.94. The molecule has 0 radical (unpaired) electrons. The van der Waals surface area contributed by atoms with Gasteiger partial charge in [-0.15, -0.1) is 0 Å². The number of rotatable bonds is 4. The summed E-state index contributed by atoms with van der Waals surface area (Å²) in [6, 6.07) is 17.6. The molecule has 0 aliphatic carbocycles. The van der Waals surface area contributed by atoms with Gasteiger partial charge < -0.3 is 9.64 Å². The van der Waals surface area contributed by atoms with Crippen LogP contribution in [0.2, 0.25) is 0 Å². The SMILES string of the molecule is O=C(C=Cc1ccc(N2CCOCC2)cc1)c1ccccc1. The van der Waals surface area contributed by atoms with Crippen molar-refractivity contribution in [2.45, 2.75) is 0 Å². The first-order chi connectivity index (χ1) is 10.8. The quantitative estimate of drug-likeness (QED) is 0.639. The fourth-order valence-corrected chi connectivity index (χ4v) is 2.49. The number of anilines is 1. The highest BCUT2D eigenvalue weighted by atomic mass is 16.5. The fraction of sp³-hybridized carbons (Fsp3) is 0.211. The van der Waals surface area contributed by atoms with Gasteiger partial charge in [-0.1, -0.05) is 48.5 Å². The van der Waals surface area contributed by atoms with Crippen LogP contribution in [0.25, 0.3) is 6.08 Å². The van der Waals surface area contributed by atoms with Gasteiger partial charge in [-0.05, 0) is 23.8 Å². The monoisotopic (exact) mass is 293 g/mol. The van der Waals surface area contributed by atoms with Gasteiger partial charge in [0, 0.05) is 24.3 Å². The van der Waals surface area contributed by atoms with E-state index in [-0.39, 0.29) is 5.78 Å². The molecule has 0 bridgehead atoms. The molecular weight excluding hydrogens is 274 g/mol. The molecule has 2 aromatic carbocycles. The lowest BCUT2D eigenvalue weighted by Crippen LogP contribution is -2.36. The maximum atomic E-state index is 12.0. The third-order valence-corrected chi connectivity index (χ3v) is 3.75. The van der Waals surface area contributed by atoms with Gasteiger partial charge in [0.25, 0.3) is 0 Å². The van der Waals surface area contributed by atoms with E-state index in [4.69, 9.17) is 4.74 Å². The Labute approximate surface area is 130 Å². The van der Waals surface area contributed by atoms with Crippen LogP contribution in [-0.2, 0) is 4.74 Å². The minimum absolute atomic E-state index is 0.0258. The molecule has 1 heterocycles. The summed E-state index contributed by atoms with van der Waals surface area (Å²) in [6.07, 6.45) is 3.48. The van der Waals surface area contributed by atoms with Crippen molar-refractivity contribution in [3.63, 3.8) is 0 Å². The normalized spacial score (nSPS) is 15.2. The molecule has 0 amide bonds. The molecule has 0 atom stereocenters. The summed E-state index contributed by atoms with van der Waals surface area (Å²) in [4.78, 5) is 14.3. The van der Waals surface area contributed by atoms with Crippen LogP contribution in [0.15, 0.2) is 60.7 Å². The summed E-state index contributed by atoms with van der Waals surface area (Å²) in [6.45, 7) is 3.43. The van der Waals surface area contributed by atoms with E-state index in [1.165, 1.54) is 5.69 Å². The van der Waals surface area contributed by atoms with Crippen LogP contribution in [0.1, 0.15) is 15.9 Å². The molecule has 3 heteroatoms. The molecule has 1 fully saturated rings. The molecule has 0 unspecified atom stereocenters. The van der Waals surface area contributed by atoms with Crippen LogP contribution >= 0.6 is 0 Å². The summed E-state index contributed by atoms with van der Waals surface area (Å²) < 4.78 is 5.36. The van der Waals surface area contributed by atoms with Crippen LogP contribution in [-0.4, -0.2) is 32.1 Å². The van der Waals surface area contributed by atoms with E-state index >= 15 is 0 Å². The lowest BCUT2D eigenvalue weighted by molar-refractivity contribution is 0.104. The predicted octanol–water partition coefficient (Wildman–Crippen LogP) is 3.42. The van der Waals surface area contributed by atoms with Crippen molar-refractivity contribution in [1.29, 1.82) is 0 Å². The number of carbonyl (C=O) groups is 1. The molecule has 3 rings (SSSR count). The van der Waals surface area contributed by atoms with Crippen molar-refractivity contribution >= 4 is 17.5 Å². The van der Waals surface area contributed by atoms with Crippen LogP contribution in [0.3, 0.4) is 0 Å². The predicted molar refractivity (Wildman–Crippen MR) is 89.3 cm³/mol. The third-order valence-electron chi connectivity index (χ3n) is 3.75. The zero-order valence-electron chi connectivity index (χ0n) is 12.4. The molecule has 3 nitrogen and oxygen atoms in total. The van der Waals surface area contributed by atoms with Gasteiger partial charge in [0.05, 0.1) is 13.2 Å². The number of morpholine rings is 1. The molecule has 1 aliphatic rings. The van der Waals surface area contributed by atoms with E-state index in [0.29, 0.717) is 5.56 Å². The summed E-state index contributed by atoms with van der Waals surface area (Å²) in [5, 5.41) is 0. The van der Waals surface area contributed by atoms with Gasteiger partial charge in [-0.3, -0.25) is 4.79 Å². The number of hydrogen-bond acceptors (Lipinski definition) is 3. The lowest BCUT2D eigenvalue weighted by atomic mass is 10.1. The van der Waals surface area contributed by atoms with Crippen LogP contribution < -0.4 is 4.90 Å². The summed E-state index contributed by atoms with van der Waals surface area (Å²) >= 11 is 0. The lowest BCUT2D eigenvalue weighted by Gasteiger charge is -2.28. The Bertz CT molecular complexity index is 641. The third kappa shape index (κ3) is 3.62. The van der Waals surface area contributed by atoms with Gasteiger partial charge in [0.15, 0.2) is 5.78 Å². The van der Waals surface area contributed by atoms with Gasteiger partial charge in [0.2, 0.25) is 0 Å². The van der Waals surface area contributed by atoms with E-state index < -0.39 is 0 Å². The molecule has 1 saturated heterocycles. The van der Waals surface area contributed by atoms with Crippen molar-refractivity contribution in [1.82, 2.24) is 0 Å². The Morgan fingerprint density at radius 3 is 2.32 bits per heavy atom. The molecule has 22 heavy (non-hydrogen) atoms. The first-order valence-corrected chi connectivity index (χ1v) is 7.53. The minimum atomic E-state index is 0.0258. The smallest absolute Gasteiger partial charge is 0.185 e. The van der Waals surface area contributed by atoms with Crippen LogP contribution in [0.4, 0.5) is 5.69 Å². The largest absolute Gasteiger partial charge is 0.378 e. The Balaban J connectivity index is 1.65. The van der Waals surface area contributed by atoms with Crippen LogP contribution in [0.5, 0.6) is 0 Å². The van der Waals surface area contributed by atoms with E-state index in [1.807, 2.05) is 48.5 Å². The van der Waals surface area contributed by atoms with E-state index in [9.17, 15) is 4.79 Å². The Hall–Kier alpha value is -2.39. The summed E-state index contributed by atoms with van der Waals surface area (Å²) in [5.74, 6) is 0.0258. The zero-order chi connectivity index (χ0) is 15.2. The van der Waals surface area contributed by atoms with E-state index in [1.54, 1.807) is 6.08 Å². The number of benzene rings is 2. The molecule has 1 aliphatic heterocycles.